The average Bonchev–Trinajstić information content (AvgIpc) is 3.21. The molecular formula is C18H21FN2O. The molecule has 1 unspecified atom stereocenters. The monoisotopic (exact) mass is 300 g/mol. The van der Waals surface area contributed by atoms with Gasteiger partial charge in [-0.05, 0) is 55.4 Å². The smallest absolute Gasteiger partial charge is 0.233 e. The van der Waals surface area contributed by atoms with Crippen molar-refractivity contribution in [3.63, 3.8) is 0 Å². The zero-order valence-corrected chi connectivity index (χ0v) is 12.9. The highest BCUT2D eigenvalue weighted by molar-refractivity contribution is 5.97. The van der Waals surface area contributed by atoms with E-state index in [1.807, 2.05) is 11.1 Å². The summed E-state index contributed by atoms with van der Waals surface area (Å²) in [5.74, 6) is 0.608. The molecule has 3 nitrogen and oxygen atoms in total. The third kappa shape index (κ3) is 2.04. The molecule has 1 saturated heterocycles. The Labute approximate surface area is 129 Å². The Morgan fingerprint density at radius 3 is 2.95 bits per heavy atom. The third-order valence-electron chi connectivity index (χ3n) is 5.26. The SMILES string of the molecule is CC1CCCN(C(=O)C2(c3c[nH]c4cc(F)ccc34)CC2)C1. The van der Waals surface area contributed by atoms with Gasteiger partial charge in [-0.15, -0.1) is 0 Å². The molecule has 2 heterocycles. The van der Waals surface area contributed by atoms with Crippen LogP contribution in [0.15, 0.2) is 24.4 Å². The molecule has 1 amide bonds. The van der Waals surface area contributed by atoms with Crippen LogP contribution in [0.25, 0.3) is 10.9 Å². The number of fused-ring (bicyclic) bond motifs is 1. The van der Waals surface area contributed by atoms with Crippen molar-refractivity contribution in [2.75, 3.05) is 13.1 Å². The van der Waals surface area contributed by atoms with Crippen LogP contribution in [0.3, 0.4) is 0 Å². The van der Waals surface area contributed by atoms with Crippen LogP contribution in [0.1, 0.15) is 38.2 Å². The number of likely N-dealkylation sites (tertiary alicyclic amines) is 1. The predicted molar refractivity (Wildman–Crippen MR) is 84.1 cm³/mol. The van der Waals surface area contributed by atoms with Crippen LogP contribution < -0.4 is 0 Å². The van der Waals surface area contributed by atoms with Crippen molar-refractivity contribution in [1.29, 1.82) is 0 Å². The van der Waals surface area contributed by atoms with Gasteiger partial charge >= 0.3 is 0 Å². The van der Waals surface area contributed by atoms with Gasteiger partial charge in [-0.25, -0.2) is 4.39 Å². The first-order valence-corrected chi connectivity index (χ1v) is 8.17. The first kappa shape index (κ1) is 13.8. The van der Waals surface area contributed by atoms with Gasteiger partial charge in [0, 0.05) is 30.2 Å². The lowest BCUT2D eigenvalue weighted by Gasteiger charge is -2.33. The minimum atomic E-state index is -0.368. The Kier molecular flexibility index (Phi) is 3.03. The summed E-state index contributed by atoms with van der Waals surface area (Å²) in [6, 6.07) is 4.77. The van der Waals surface area contributed by atoms with Crippen molar-refractivity contribution in [3.05, 3.63) is 35.8 Å². The van der Waals surface area contributed by atoms with E-state index in [2.05, 4.69) is 11.9 Å². The number of hydrogen-bond acceptors (Lipinski definition) is 1. The van der Waals surface area contributed by atoms with Crippen molar-refractivity contribution in [3.8, 4) is 0 Å². The molecule has 1 aromatic heterocycles. The third-order valence-corrected chi connectivity index (χ3v) is 5.26. The van der Waals surface area contributed by atoms with Gasteiger partial charge < -0.3 is 9.88 Å². The molecular weight excluding hydrogens is 279 g/mol. The number of carbonyl (C=O) groups excluding carboxylic acids is 1. The number of benzene rings is 1. The molecule has 2 aromatic rings. The summed E-state index contributed by atoms with van der Waals surface area (Å²) in [6.45, 7) is 3.97. The maximum absolute atomic E-state index is 13.4. The Hall–Kier alpha value is -1.84. The van der Waals surface area contributed by atoms with Crippen molar-refractivity contribution in [1.82, 2.24) is 9.88 Å². The molecule has 0 radical (unpaired) electrons. The van der Waals surface area contributed by atoms with Gasteiger partial charge in [0.1, 0.15) is 5.82 Å². The molecule has 1 saturated carbocycles. The molecule has 1 atom stereocenters. The number of amides is 1. The highest BCUT2D eigenvalue weighted by Crippen LogP contribution is 2.52. The number of carbonyl (C=O) groups is 1. The van der Waals surface area contributed by atoms with Gasteiger partial charge in [-0.3, -0.25) is 4.79 Å². The summed E-state index contributed by atoms with van der Waals surface area (Å²) in [5.41, 5.74) is 1.46. The Morgan fingerprint density at radius 2 is 2.23 bits per heavy atom. The molecule has 1 aromatic carbocycles. The summed E-state index contributed by atoms with van der Waals surface area (Å²) >= 11 is 0. The van der Waals surface area contributed by atoms with Crippen LogP contribution in [0.4, 0.5) is 4.39 Å². The fourth-order valence-corrected chi connectivity index (χ4v) is 3.89. The van der Waals surface area contributed by atoms with Gasteiger partial charge in [0.2, 0.25) is 5.91 Å². The Balaban J connectivity index is 1.69. The first-order chi connectivity index (χ1) is 10.6. The average molecular weight is 300 g/mol. The molecule has 0 spiro atoms. The van der Waals surface area contributed by atoms with Crippen LogP contribution in [0.5, 0.6) is 0 Å². The van der Waals surface area contributed by atoms with E-state index in [-0.39, 0.29) is 17.1 Å². The second kappa shape index (κ2) is 4.83. The number of aromatic amines is 1. The highest BCUT2D eigenvalue weighted by atomic mass is 19.1. The maximum atomic E-state index is 13.4. The summed E-state index contributed by atoms with van der Waals surface area (Å²) in [4.78, 5) is 18.3. The number of nitrogens with one attached hydrogen (secondary N) is 1. The molecule has 22 heavy (non-hydrogen) atoms. The van der Waals surface area contributed by atoms with Crippen LogP contribution in [0, 0.1) is 11.7 Å². The van der Waals surface area contributed by atoms with Crippen LogP contribution in [0.2, 0.25) is 0 Å². The van der Waals surface area contributed by atoms with E-state index in [1.165, 1.54) is 18.6 Å². The number of piperidine rings is 1. The predicted octanol–water partition coefficient (Wildman–Crippen LogP) is 3.60. The molecule has 1 aliphatic heterocycles. The number of H-pyrrole nitrogens is 1. The lowest BCUT2D eigenvalue weighted by Crippen LogP contribution is -2.44. The van der Waals surface area contributed by atoms with Crippen LogP contribution >= 0.6 is 0 Å². The fraction of sp³-hybridized carbons (Fsp3) is 0.500. The van der Waals surface area contributed by atoms with Gasteiger partial charge in [0.15, 0.2) is 0 Å². The van der Waals surface area contributed by atoms with Gasteiger partial charge in [-0.1, -0.05) is 6.92 Å². The molecule has 4 rings (SSSR count). The molecule has 1 N–H and O–H groups in total. The van der Waals surface area contributed by atoms with Crippen LogP contribution in [-0.2, 0) is 10.2 Å². The van der Waals surface area contributed by atoms with Gasteiger partial charge in [0.25, 0.3) is 0 Å². The molecule has 2 aliphatic rings. The van der Waals surface area contributed by atoms with Crippen molar-refractivity contribution < 1.29 is 9.18 Å². The molecule has 116 valence electrons. The number of nitrogens with zero attached hydrogens (tertiary/aromatic N) is 1. The van der Waals surface area contributed by atoms with E-state index in [4.69, 9.17) is 0 Å². The minimum Gasteiger partial charge on any atom is -0.361 e. The zero-order chi connectivity index (χ0) is 15.3. The van der Waals surface area contributed by atoms with E-state index in [0.717, 1.165) is 48.8 Å². The van der Waals surface area contributed by atoms with E-state index < -0.39 is 0 Å². The fourth-order valence-electron chi connectivity index (χ4n) is 3.89. The Morgan fingerprint density at radius 1 is 1.41 bits per heavy atom. The molecule has 2 fully saturated rings. The van der Waals surface area contributed by atoms with Crippen LogP contribution in [-0.4, -0.2) is 28.9 Å². The normalized spacial score (nSPS) is 23.7. The second-order valence-corrected chi connectivity index (χ2v) is 6.97. The topological polar surface area (TPSA) is 36.1 Å². The number of hydrogen-bond donors (Lipinski definition) is 1. The van der Waals surface area contributed by atoms with E-state index in [0.29, 0.717) is 5.92 Å². The van der Waals surface area contributed by atoms with E-state index >= 15 is 0 Å². The van der Waals surface area contributed by atoms with Gasteiger partial charge in [-0.2, -0.15) is 0 Å². The lowest BCUT2D eigenvalue weighted by atomic mass is 9.91. The zero-order valence-electron chi connectivity index (χ0n) is 12.9. The summed E-state index contributed by atoms with van der Waals surface area (Å²) in [5, 5.41) is 0.984. The Bertz CT molecular complexity index is 732. The highest BCUT2D eigenvalue weighted by Gasteiger charge is 2.54. The molecule has 4 heteroatoms. The number of aromatic nitrogens is 1. The van der Waals surface area contributed by atoms with Crippen molar-refractivity contribution >= 4 is 16.8 Å². The molecule has 1 aliphatic carbocycles. The van der Waals surface area contributed by atoms with Crippen molar-refractivity contribution in [2.45, 2.75) is 38.0 Å². The summed E-state index contributed by atoms with van der Waals surface area (Å²) < 4.78 is 13.4. The lowest BCUT2D eigenvalue weighted by molar-refractivity contribution is -0.135. The maximum Gasteiger partial charge on any atom is 0.233 e. The second-order valence-electron chi connectivity index (χ2n) is 6.97. The molecule has 0 bridgehead atoms. The van der Waals surface area contributed by atoms with Crippen molar-refractivity contribution in [2.24, 2.45) is 5.92 Å². The van der Waals surface area contributed by atoms with E-state index in [9.17, 15) is 9.18 Å². The first-order valence-electron chi connectivity index (χ1n) is 8.17. The summed E-state index contributed by atoms with van der Waals surface area (Å²) in [6.07, 6.45) is 6.02. The number of rotatable bonds is 2. The largest absolute Gasteiger partial charge is 0.361 e. The van der Waals surface area contributed by atoms with Gasteiger partial charge in [0.05, 0.1) is 5.41 Å². The standard InChI is InChI=1S/C18H21FN2O/c1-12-3-2-8-21(11-12)17(22)18(6-7-18)15-10-20-16-9-13(19)4-5-14(15)16/h4-5,9-10,12,20H,2-3,6-8,11H2,1H3. The summed E-state index contributed by atoms with van der Waals surface area (Å²) in [7, 11) is 0. The minimum absolute atomic E-state index is 0.248. The van der Waals surface area contributed by atoms with E-state index in [1.54, 1.807) is 6.07 Å². The number of halogens is 1. The quantitative estimate of drug-likeness (QED) is 0.904.